The van der Waals surface area contributed by atoms with Crippen molar-refractivity contribution in [3.05, 3.63) is 35.9 Å². The normalized spacial score (nSPS) is 12.8. The fourth-order valence-corrected chi connectivity index (χ4v) is 0.867. The molecule has 1 rings (SSSR count). The summed E-state index contributed by atoms with van der Waals surface area (Å²) in [5, 5.41) is 15.6. The van der Waals surface area contributed by atoms with E-state index in [4.69, 9.17) is 26.6 Å². The maximum Gasteiger partial charge on any atom is 0.332 e. The van der Waals surface area contributed by atoms with Gasteiger partial charge < -0.3 is 14.9 Å². The Labute approximate surface area is 116 Å². The molecule has 19 heavy (non-hydrogen) atoms. The van der Waals surface area contributed by atoms with Gasteiger partial charge in [-0.25, -0.2) is 4.79 Å². The van der Waals surface area contributed by atoms with Gasteiger partial charge in [-0.3, -0.25) is 4.79 Å². The molecular formula is C13H17ClO5. The average molecular weight is 289 g/mol. The highest BCUT2D eigenvalue weighted by Gasteiger charge is 2.10. The lowest BCUT2D eigenvalue weighted by Crippen LogP contribution is -2.19. The number of halogens is 1. The molecule has 0 saturated heterocycles. The van der Waals surface area contributed by atoms with Crippen LogP contribution >= 0.6 is 11.6 Å². The Bertz CT molecular complexity index is 391. The molecule has 0 heterocycles. The second-order valence-corrected chi connectivity index (χ2v) is 4.39. The van der Waals surface area contributed by atoms with Crippen LogP contribution in [0.3, 0.4) is 0 Å². The molecule has 1 aromatic carbocycles. The van der Waals surface area contributed by atoms with Gasteiger partial charge in [0.05, 0.1) is 6.61 Å². The largest absolute Gasteiger partial charge is 0.480 e. The number of hydrogen-bond donors (Lipinski definition) is 2. The molecule has 2 N–H and O–H groups in total. The molecule has 2 unspecified atom stereocenters. The van der Waals surface area contributed by atoms with Gasteiger partial charge in [0.25, 0.3) is 0 Å². The lowest BCUT2D eigenvalue weighted by atomic mass is 10.2. The topological polar surface area (TPSA) is 83.8 Å². The molecule has 0 aliphatic heterocycles. The highest BCUT2D eigenvalue weighted by Crippen LogP contribution is 2.02. The van der Waals surface area contributed by atoms with Crippen LogP contribution in [0.4, 0.5) is 0 Å². The minimum atomic E-state index is -0.975. The number of alkyl halides is 1. The number of benzene rings is 1. The minimum absolute atomic E-state index is 0.342. The van der Waals surface area contributed by atoms with Crippen LogP contribution < -0.4 is 0 Å². The van der Waals surface area contributed by atoms with Gasteiger partial charge in [-0.1, -0.05) is 30.3 Å². The zero-order valence-electron chi connectivity index (χ0n) is 10.7. The van der Waals surface area contributed by atoms with Crippen LogP contribution in [0.15, 0.2) is 30.3 Å². The van der Waals surface area contributed by atoms with Gasteiger partial charge in [0.2, 0.25) is 0 Å². The van der Waals surface area contributed by atoms with Gasteiger partial charge in [0, 0.05) is 0 Å². The standard InChI is InChI=1S/C10H12O3.C3H5ClO2/c1-8(10(11)12)13-7-9-5-3-2-4-6-9;1-2(4)3(5)6/h2-6,8H,7H2,1H3,(H,11,12);2H,1H3,(H,5,6). The van der Waals surface area contributed by atoms with Crippen molar-refractivity contribution in [1.82, 2.24) is 0 Å². The number of carbonyl (C=O) groups is 2. The zero-order chi connectivity index (χ0) is 14.8. The van der Waals surface area contributed by atoms with Gasteiger partial charge in [0.1, 0.15) is 5.38 Å². The molecule has 0 aliphatic carbocycles. The first-order valence-electron chi connectivity index (χ1n) is 5.59. The minimum Gasteiger partial charge on any atom is -0.480 e. The molecule has 0 fully saturated rings. The van der Waals surface area contributed by atoms with Gasteiger partial charge in [-0.05, 0) is 19.4 Å². The molecule has 0 amide bonds. The average Bonchev–Trinajstić information content (AvgIpc) is 2.37. The Hall–Kier alpha value is -1.59. The number of aliphatic carboxylic acids is 2. The Balaban J connectivity index is 0.000000459. The van der Waals surface area contributed by atoms with Crippen LogP contribution in [-0.4, -0.2) is 33.6 Å². The molecule has 106 valence electrons. The summed E-state index contributed by atoms with van der Waals surface area (Å²) in [6, 6.07) is 9.49. The van der Waals surface area contributed by atoms with E-state index in [0.29, 0.717) is 6.61 Å². The van der Waals surface area contributed by atoms with E-state index in [1.165, 1.54) is 13.8 Å². The van der Waals surface area contributed by atoms with E-state index in [1.807, 2.05) is 30.3 Å². The van der Waals surface area contributed by atoms with Crippen molar-refractivity contribution in [3.8, 4) is 0 Å². The van der Waals surface area contributed by atoms with Crippen molar-refractivity contribution in [3.63, 3.8) is 0 Å². The smallest absolute Gasteiger partial charge is 0.332 e. The highest BCUT2D eigenvalue weighted by atomic mass is 35.5. The number of ether oxygens (including phenoxy) is 1. The van der Waals surface area contributed by atoms with E-state index in [1.54, 1.807) is 0 Å². The van der Waals surface area contributed by atoms with Crippen molar-refractivity contribution < 1.29 is 24.5 Å². The molecule has 0 spiro atoms. The summed E-state index contributed by atoms with van der Waals surface area (Å²) in [6.07, 6.45) is -0.750. The van der Waals surface area contributed by atoms with Gasteiger partial charge in [0.15, 0.2) is 6.10 Å². The number of carboxylic acids is 2. The van der Waals surface area contributed by atoms with E-state index in [9.17, 15) is 9.59 Å². The number of rotatable bonds is 5. The Morgan fingerprint density at radius 2 is 1.63 bits per heavy atom. The summed E-state index contributed by atoms with van der Waals surface area (Å²) in [5.41, 5.74) is 0.982. The first-order chi connectivity index (χ1) is 8.84. The summed E-state index contributed by atoms with van der Waals surface area (Å²) in [4.78, 5) is 20.0. The van der Waals surface area contributed by atoms with Crippen LogP contribution in [-0.2, 0) is 20.9 Å². The molecule has 5 nitrogen and oxygen atoms in total. The predicted octanol–water partition coefficient (Wildman–Crippen LogP) is 2.37. The summed E-state index contributed by atoms with van der Waals surface area (Å²) >= 11 is 5.01. The van der Waals surface area contributed by atoms with E-state index < -0.39 is 23.4 Å². The third kappa shape index (κ3) is 9.04. The molecular weight excluding hydrogens is 272 g/mol. The van der Waals surface area contributed by atoms with Gasteiger partial charge >= 0.3 is 11.9 Å². The monoisotopic (exact) mass is 288 g/mol. The SMILES string of the molecule is CC(Cl)C(=O)O.CC(OCc1ccccc1)C(=O)O. The van der Waals surface area contributed by atoms with Crippen molar-refractivity contribution in [2.24, 2.45) is 0 Å². The molecule has 0 bridgehead atoms. The van der Waals surface area contributed by atoms with E-state index in [0.717, 1.165) is 5.56 Å². The van der Waals surface area contributed by atoms with Gasteiger partial charge in [-0.15, -0.1) is 11.6 Å². The lowest BCUT2D eigenvalue weighted by Gasteiger charge is -2.07. The second kappa shape index (κ2) is 9.35. The van der Waals surface area contributed by atoms with Crippen LogP contribution in [0.5, 0.6) is 0 Å². The third-order valence-electron chi connectivity index (χ3n) is 2.03. The zero-order valence-corrected chi connectivity index (χ0v) is 11.5. The molecule has 2 atom stereocenters. The first kappa shape index (κ1) is 17.4. The van der Waals surface area contributed by atoms with Crippen molar-refractivity contribution in [2.75, 3.05) is 0 Å². The predicted molar refractivity (Wildman–Crippen MR) is 71.3 cm³/mol. The van der Waals surface area contributed by atoms with Crippen molar-refractivity contribution in [1.29, 1.82) is 0 Å². The van der Waals surface area contributed by atoms with E-state index >= 15 is 0 Å². The molecule has 0 saturated carbocycles. The quantitative estimate of drug-likeness (QED) is 0.813. The van der Waals surface area contributed by atoms with Crippen molar-refractivity contribution in [2.45, 2.75) is 31.9 Å². The molecule has 0 radical (unpaired) electrons. The van der Waals surface area contributed by atoms with Crippen LogP contribution in [0.25, 0.3) is 0 Å². The summed E-state index contributed by atoms with van der Waals surface area (Å²) in [5.74, 6) is -1.91. The lowest BCUT2D eigenvalue weighted by molar-refractivity contribution is -0.149. The Kier molecular flexibility index (Phi) is 8.57. The number of hydrogen-bond acceptors (Lipinski definition) is 3. The highest BCUT2D eigenvalue weighted by molar-refractivity contribution is 6.29. The maximum absolute atomic E-state index is 10.4. The molecule has 0 aliphatic rings. The van der Waals surface area contributed by atoms with E-state index in [2.05, 4.69) is 0 Å². The fraction of sp³-hybridized carbons (Fsp3) is 0.385. The summed E-state index contributed by atoms with van der Waals surface area (Å²) < 4.78 is 5.09. The molecule has 6 heteroatoms. The van der Waals surface area contributed by atoms with E-state index in [-0.39, 0.29) is 0 Å². The summed E-state index contributed by atoms with van der Waals surface area (Å²) in [7, 11) is 0. The number of carboxylic acid groups (broad SMARTS) is 2. The maximum atomic E-state index is 10.4. The first-order valence-corrected chi connectivity index (χ1v) is 6.03. The van der Waals surface area contributed by atoms with Crippen molar-refractivity contribution >= 4 is 23.5 Å². The Morgan fingerprint density at radius 3 is 2.00 bits per heavy atom. The van der Waals surface area contributed by atoms with Crippen LogP contribution in [0.1, 0.15) is 19.4 Å². The summed E-state index contributed by atoms with van der Waals surface area (Å²) in [6.45, 7) is 3.27. The molecule has 0 aromatic heterocycles. The Morgan fingerprint density at radius 1 is 1.16 bits per heavy atom. The van der Waals surface area contributed by atoms with Gasteiger partial charge in [-0.2, -0.15) is 0 Å². The third-order valence-corrected chi connectivity index (χ3v) is 2.22. The second-order valence-electron chi connectivity index (χ2n) is 3.73. The molecule has 1 aromatic rings. The van der Waals surface area contributed by atoms with Crippen LogP contribution in [0, 0.1) is 0 Å². The fourth-order valence-electron chi connectivity index (χ4n) is 0.867. The van der Waals surface area contributed by atoms with Crippen LogP contribution in [0.2, 0.25) is 0 Å².